The van der Waals surface area contributed by atoms with Crippen LogP contribution in [0.5, 0.6) is 5.75 Å². The second kappa shape index (κ2) is 6.39. The predicted octanol–water partition coefficient (Wildman–Crippen LogP) is 4.38. The van der Waals surface area contributed by atoms with Crippen molar-refractivity contribution in [2.24, 2.45) is 10.2 Å². The van der Waals surface area contributed by atoms with Crippen molar-refractivity contribution in [3.63, 3.8) is 0 Å². The molecule has 3 rings (SSSR count). The summed E-state index contributed by atoms with van der Waals surface area (Å²) in [5.74, 6) is 0.697. The highest BCUT2D eigenvalue weighted by molar-refractivity contribution is 7.15. The molecule has 0 bridgehead atoms. The highest BCUT2D eigenvalue weighted by Gasteiger charge is 2.27. The number of hydrogen-bond donors (Lipinski definition) is 1. The Labute approximate surface area is 133 Å². The molecule has 0 saturated heterocycles. The lowest BCUT2D eigenvalue weighted by Gasteiger charge is -2.21. The van der Waals surface area contributed by atoms with E-state index < -0.39 is 0 Å². The van der Waals surface area contributed by atoms with Crippen LogP contribution in [0.15, 0.2) is 28.4 Å². The Kier molecular flexibility index (Phi) is 4.33. The maximum atomic E-state index is 10.1. The van der Waals surface area contributed by atoms with Crippen molar-refractivity contribution in [3.8, 4) is 5.75 Å². The van der Waals surface area contributed by atoms with Gasteiger partial charge in [0.15, 0.2) is 0 Å². The molecular formula is C15H19N5OS. The molecular weight excluding hydrogens is 298 g/mol. The first kappa shape index (κ1) is 14.9. The number of nitrogens with zero attached hydrogens (tertiary/aromatic N) is 5. The summed E-state index contributed by atoms with van der Waals surface area (Å²) in [6.45, 7) is 5.96. The number of benzene rings is 1. The van der Waals surface area contributed by atoms with Gasteiger partial charge in [0.1, 0.15) is 16.4 Å². The van der Waals surface area contributed by atoms with Gasteiger partial charge in [-0.2, -0.15) is 0 Å². The zero-order valence-corrected chi connectivity index (χ0v) is 13.5. The van der Waals surface area contributed by atoms with Gasteiger partial charge in [0, 0.05) is 30.8 Å². The van der Waals surface area contributed by atoms with Gasteiger partial charge in [0.2, 0.25) is 0 Å². The van der Waals surface area contributed by atoms with Gasteiger partial charge in [-0.05, 0) is 38.8 Å². The van der Waals surface area contributed by atoms with E-state index >= 15 is 0 Å². The van der Waals surface area contributed by atoms with Gasteiger partial charge in [0.05, 0.1) is 0 Å². The number of azo groups is 1. The van der Waals surface area contributed by atoms with E-state index in [1.54, 1.807) is 12.1 Å². The molecule has 1 aliphatic rings. The fourth-order valence-corrected chi connectivity index (χ4v) is 3.07. The second-order valence-corrected chi connectivity index (χ2v) is 6.23. The molecule has 0 radical (unpaired) electrons. The van der Waals surface area contributed by atoms with E-state index in [1.807, 2.05) is 6.07 Å². The van der Waals surface area contributed by atoms with E-state index in [-0.39, 0.29) is 5.75 Å². The standard InChI is InChI=1S/C15H19N5OS/c1-3-20(4-2)11-7-8-12(13(21)9-11)16-18-15-19-17-14(22-15)10-5-6-10/h7-10,21H,3-6H2,1-2H3. The van der Waals surface area contributed by atoms with Crippen LogP contribution >= 0.6 is 11.3 Å². The zero-order chi connectivity index (χ0) is 15.5. The van der Waals surface area contributed by atoms with E-state index in [2.05, 4.69) is 39.2 Å². The Balaban J connectivity index is 1.74. The third-order valence-corrected chi connectivity index (χ3v) is 4.66. The molecule has 1 fully saturated rings. The number of phenolic OH excluding ortho intramolecular Hbond substituents is 1. The summed E-state index contributed by atoms with van der Waals surface area (Å²) >= 11 is 1.47. The van der Waals surface area contributed by atoms with E-state index in [4.69, 9.17) is 0 Å². The van der Waals surface area contributed by atoms with Crippen LogP contribution in [0.25, 0.3) is 0 Å². The first-order chi connectivity index (χ1) is 10.7. The lowest BCUT2D eigenvalue weighted by Crippen LogP contribution is -2.21. The Hall–Kier alpha value is -2.02. The van der Waals surface area contributed by atoms with Gasteiger partial charge in [-0.15, -0.1) is 20.4 Å². The summed E-state index contributed by atoms with van der Waals surface area (Å²) in [6, 6.07) is 5.43. The minimum absolute atomic E-state index is 0.125. The average Bonchev–Trinajstić information content (AvgIpc) is 3.27. The lowest BCUT2D eigenvalue weighted by molar-refractivity contribution is 0.476. The zero-order valence-electron chi connectivity index (χ0n) is 12.7. The van der Waals surface area contributed by atoms with E-state index in [0.29, 0.717) is 16.7 Å². The lowest BCUT2D eigenvalue weighted by atomic mass is 10.2. The fraction of sp³-hybridized carbons (Fsp3) is 0.467. The van der Waals surface area contributed by atoms with Gasteiger partial charge in [-0.3, -0.25) is 0 Å². The average molecular weight is 317 g/mol. The first-order valence-electron chi connectivity index (χ1n) is 7.54. The molecule has 7 heteroatoms. The van der Waals surface area contributed by atoms with Crippen LogP contribution in [0.4, 0.5) is 16.5 Å². The number of aromatic nitrogens is 2. The van der Waals surface area contributed by atoms with Gasteiger partial charge in [0.25, 0.3) is 5.13 Å². The third kappa shape index (κ3) is 3.24. The number of phenols is 1. The van der Waals surface area contributed by atoms with Crippen LogP contribution in [0.3, 0.4) is 0 Å². The first-order valence-corrected chi connectivity index (χ1v) is 8.36. The second-order valence-electron chi connectivity index (χ2n) is 5.24. The Morgan fingerprint density at radius 2 is 2.00 bits per heavy atom. The van der Waals surface area contributed by atoms with Crippen molar-refractivity contribution in [2.75, 3.05) is 18.0 Å². The van der Waals surface area contributed by atoms with E-state index in [9.17, 15) is 5.11 Å². The van der Waals surface area contributed by atoms with Crippen LogP contribution < -0.4 is 4.90 Å². The van der Waals surface area contributed by atoms with Crippen molar-refractivity contribution < 1.29 is 5.11 Å². The highest BCUT2D eigenvalue weighted by atomic mass is 32.1. The molecule has 0 unspecified atom stereocenters. The van der Waals surface area contributed by atoms with E-state index in [0.717, 1.165) is 23.8 Å². The molecule has 1 aliphatic carbocycles. The predicted molar refractivity (Wildman–Crippen MR) is 87.7 cm³/mol. The van der Waals surface area contributed by atoms with Gasteiger partial charge < -0.3 is 10.0 Å². The Bertz CT molecular complexity index is 676. The van der Waals surface area contributed by atoms with Crippen LogP contribution in [0, 0.1) is 0 Å². The van der Waals surface area contributed by atoms with Crippen LogP contribution in [-0.2, 0) is 0 Å². The summed E-state index contributed by atoms with van der Waals surface area (Å²) in [5.41, 5.74) is 1.42. The van der Waals surface area contributed by atoms with Crippen LogP contribution in [0.1, 0.15) is 37.6 Å². The molecule has 1 aromatic heterocycles. The quantitative estimate of drug-likeness (QED) is 0.802. The molecule has 22 heavy (non-hydrogen) atoms. The summed E-state index contributed by atoms with van der Waals surface area (Å²) < 4.78 is 0. The fourth-order valence-electron chi connectivity index (χ4n) is 2.24. The molecule has 1 N–H and O–H groups in total. The molecule has 0 atom stereocenters. The van der Waals surface area contributed by atoms with Crippen molar-refractivity contribution in [1.82, 2.24) is 10.2 Å². The summed E-state index contributed by atoms with van der Waals surface area (Å²) in [6.07, 6.45) is 2.39. The third-order valence-electron chi connectivity index (χ3n) is 3.69. The monoisotopic (exact) mass is 317 g/mol. The molecule has 0 amide bonds. The number of anilines is 1. The van der Waals surface area contributed by atoms with E-state index in [1.165, 1.54) is 24.2 Å². The molecule has 1 heterocycles. The SMILES string of the molecule is CCN(CC)c1ccc(N=Nc2nnc(C3CC3)s2)c(O)c1. The topological polar surface area (TPSA) is 74.0 Å². The normalized spacial score (nSPS) is 14.6. The molecule has 2 aromatic rings. The van der Waals surface area contributed by atoms with Gasteiger partial charge >= 0.3 is 0 Å². The van der Waals surface area contributed by atoms with Crippen molar-refractivity contribution in [1.29, 1.82) is 0 Å². The Morgan fingerprint density at radius 1 is 1.23 bits per heavy atom. The minimum atomic E-state index is 0.125. The smallest absolute Gasteiger partial charge is 0.251 e. The highest BCUT2D eigenvalue weighted by Crippen LogP contribution is 2.42. The maximum Gasteiger partial charge on any atom is 0.251 e. The van der Waals surface area contributed by atoms with Gasteiger partial charge in [-0.25, -0.2) is 0 Å². The van der Waals surface area contributed by atoms with Crippen molar-refractivity contribution in [2.45, 2.75) is 32.6 Å². The van der Waals surface area contributed by atoms with Crippen LogP contribution in [-0.4, -0.2) is 28.4 Å². The largest absolute Gasteiger partial charge is 0.506 e. The molecule has 1 aromatic carbocycles. The number of hydrogen-bond acceptors (Lipinski definition) is 7. The summed E-state index contributed by atoms with van der Waals surface area (Å²) in [5, 5.41) is 28.0. The molecule has 1 saturated carbocycles. The van der Waals surface area contributed by atoms with Crippen molar-refractivity contribution >= 4 is 27.8 Å². The summed E-state index contributed by atoms with van der Waals surface area (Å²) in [7, 11) is 0. The van der Waals surface area contributed by atoms with Gasteiger partial charge in [-0.1, -0.05) is 11.3 Å². The van der Waals surface area contributed by atoms with Crippen LogP contribution in [0.2, 0.25) is 0 Å². The molecule has 6 nitrogen and oxygen atoms in total. The number of rotatable bonds is 6. The van der Waals surface area contributed by atoms with Crippen molar-refractivity contribution in [3.05, 3.63) is 23.2 Å². The Morgan fingerprint density at radius 3 is 2.64 bits per heavy atom. The summed E-state index contributed by atoms with van der Waals surface area (Å²) in [4.78, 5) is 2.16. The molecule has 116 valence electrons. The number of aromatic hydroxyl groups is 1. The minimum Gasteiger partial charge on any atom is -0.506 e. The molecule has 0 spiro atoms. The maximum absolute atomic E-state index is 10.1. The molecule has 0 aliphatic heterocycles.